The molecule has 0 bridgehead atoms. The molecule has 24 heavy (non-hydrogen) atoms. The van der Waals surface area contributed by atoms with Gasteiger partial charge in [-0.25, -0.2) is 9.78 Å². The normalized spacial score (nSPS) is 17.7. The summed E-state index contributed by atoms with van der Waals surface area (Å²) in [5.74, 6) is -1.26. The zero-order valence-corrected chi connectivity index (χ0v) is 13.2. The van der Waals surface area contributed by atoms with Crippen molar-refractivity contribution in [2.75, 3.05) is 6.54 Å². The number of nitrogens with zero attached hydrogens (tertiary/aromatic N) is 2. The summed E-state index contributed by atoms with van der Waals surface area (Å²) in [4.78, 5) is 33.3. The maximum atomic E-state index is 12.8. The van der Waals surface area contributed by atoms with Crippen LogP contribution in [0.1, 0.15) is 29.0 Å². The fourth-order valence-corrected chi connectivity index (χ4v) is 3.53. The number of pyridine rings is 1. The van der Waals surface area contributed by atoms with Gasteiger partial charge >= 0.3 is 5.97 Å². The largest absolute Gasteiger partial charge is 0.480 e. The number of rotatable bonds is 2. The lowest BCUT2D eigenvalue weighted by atomic mass is 10.1. The fraction of sp³-hybridized carbons (Fsp3) is 0.278. The highest BCUT2D eigenvalue weighted by molar-refractivity contribution is 6.10. The van der Waals surface area contributed by atoms with Gasteiger partial charge in [-0.05, 0) is 31.9 Å². The van der Waals surface area contributed by atoms with Crippen LogP contribution in [0.3, 0.4) is 0 Å². The van der Waals surface area contributed by atoms with Crippen LogP contribution in [0, 0.1) is 6.92 Å². The number of carbonyl (C=O) groups is 2. The van der Waals surface area contributed by atoms with Crippen molar-refractivity contribution >= 4 is 33.7 Å². The van der Waals surface area contributed by atoms with E-state index in [2.05, 4.69) is 9.97 Å². The lowest BCUT2D eigenvalue weighted by Crippen LogP contribution is -2.40. The Hall–Kier alpha value is -2.89. The topological polar surface area (TPSA) is 86.3 Å². The molecule has 1 aliphatic heterocycles. The van der Waals surface area contributed by atoms with Gasteiger partial charge in [-0.15, -0.1) is 0 Å². The maximum Gasteiger partial charge on any atom is 0.326 e. The molecule has 2 aromatic heterocycles. The van der Waals surface area contributed by atoms with Crippen LogP contribution < -0.4 is 0 Å². The zero-order valence-electron chi connectivity index (χ0n) is 13.2. The second kappa shape index (κ2) is 5.33. The molecule has 3 heterocycles. The number of aryl methyl sites for hydroxylation is 1. The van der Waals surface area contributed by atoms with Crippen LogP contribution in [0.25, 0.3) is 21.8 Å². The average Bonchev–Trinajstić information content (AvgIpc) is 3.19. The highest BCUT2D eigenvalue weighted by atomic mass is 16.4. The summed E-state index contributed by atoms with van der Waals surface area (Å²) in [6.45, 7) is 2.32. The minimum absolute atomic E-state index is 0.304. The minimum Gasteiger partial charge on any atom is -0.480 e. The van der Waals surface area contributed by atoms with Crippen molar-refractivity contribution in [1.82, 2.24) is 14.9 Å². The van der Waals surface area contributed by atoms with Crippen molar-refractivity contribution in [1.29, 1.82) is 0 Å². The molecule has 0 saturated carbocycles. The summed E-state index contributed by atoms with van der Waals surface area (Å²) in [5, 5.41) is 11.3. The molecule has 0 radical (unpaired) electrons. The van der Waals surface area contributed by atoms with Gasteiger partial charge in [0.05, 0.1) is 11.2 Å². The first-order chi connectivity index (χ1) is 11.6. The van der Waals surface area contributed by atoms with Crippen molar-refractivity contribution in [3.8, 4) is 0 Å². The van der Waals surface area contributed by atoms with E-state index >= 15 is 0 Å². The minimum atomic E-state index is -0.953. The SMILES string of the molecule is Cc1nc(C(=O)N2CCCC2C(=O)O)cc2c1[nH]c1ccccc12. The molecule has 0 spiro atoms. The molecule has 4 rings (SSSR count). The predicted octanol–water partition coefficient (Wildman–Crippen LogP) is 2.71. The monoisotopic (exact) mass is 323 g/mol. The first kappa shape index (κ1) is 14.7. The number of benzene rings is 1. The molecule has 1 fully saturated rings. The van der Waals surface area contributed by atoms with E-state index in [1.807, 2.05) is 31.2 Å². The van der Waals surface area contributed by atoms with Gasteiger partial charge < -0.3 is 15.0 Å². The van der Waals surface area contributed by atoms with E-state index < -0.39 is 12.0 Å². The van der Waals surface area contributed by atoms with Crippen molar-refractivity contribution in [3.05, 3.63) is 41.7 Å². The molecule has 2 N–H and O–H groups in total. The summed E-state index contributed by atoms with van der Waals surface area (Å²) in [6, 6.07) is 8.90. The van der Waals surface area contributed by atoms with Crippen molar-refractivity contribution < 1.29 is 14.7 Å². The summed E-state index contributed by atoms with van der Waals surface area (Å²) >= 11 is 0. The Kier molecular flexibility index (Phi) is 3.26. The van der Waals surface area contributed by atoms with E-state index in [0.717, 1.165) is 27.5 Å². The van der Waals surface area contributed by atoms with Crippen LogP contribution in [-0.4, -0.2) is 44.4 Å². The number of carboxylic acids is 1. The number of H-pyrrole nitrogens is 1. The number of fused-ring (bicyclic) bond motifs is 3. The van der Waals surface area contributed by atoms with Crippen LogP contribution in [0.4, 0.5) is 0 Å². The van der Waals surface area contributed by atoms with E-state index in [0.29, 0.717) is 25.1 Å². The molecule has 1 aromatic carbocycles. The van der Waals surface area contributed by atoms with Gasteiger partial charge in [0, 0.05) is 22.8 Å². The average molecular weight is 323 g/mol. The van der Waals surface area contributed by atoms with Gasteiger partial charge in [0.25, 0.3) is 5.91 Å². The molecule has 6 nitrogen and oxygen atoms in total. The number of aromatic nitrogens is 2. The quantitative estimate of drug-likeness (QED) is 0.759. The summed E-state index contributed by atoms with van der Waals surface area (Å²) in [6.07, 6.45) is 1.20. The standard InChI is InChI=1S/C18H17N3O3/c1-10-16-12(11-5-2-3-6-13(11)20-16)9-14(19-10)17(22)21-8-4-7-15(21)18(23)24/h2-3,5-6,9,15,20H,4,7-8H2,1H3,(H,23,24). The highest BCUT2D eigenvalue weighted by Crippen LogP contribution is 2.28. The molecular weight excluding hydrogens is 306 g/mol. The van der Waals surface area contributed by atoms with Crippen LogP contribution in [-0.2, 0) is 4.79 Å². The first-order valence-electron chi connectivity index (χ1n) is 7.98. The molecule has 1 atom stereocenters. The van der Waals surface area contributed by atoms with Crippen LogP contribution in [0.15, 0.2) is 30.3 Å². The molecule has 1 unspecified atom stereocenters. The number of aliphatic carboxylic acids is 1. The Morgan fingerprint density at radius 2 is 2.08 bits per heavy atom. The van der Waals surface area contributed by atoms with Crippen molar-refractivity contribution in [2.24, 2.45) is 0 Å². The Labute approximate surface area is 138 Å². The number of carboxylic acid groups (broad SMARTS) is 1. The van der Waals surface area contributed by atoms with Gasteiger partial charge in [0.2, 0.25) is 0 Å². The number of amides is 1. The van der Waals surface area contributed by atoms with Crippen molar-refractivity contribution in [2.45, 2.75) is 25.8 Å². The number of aromatic amines is 1. The molecule has 0 aliphatic carbocycles. The zero-order chi connectivity index (χ0) is 16.8. The van der Waals surface area contributed by atoms with Crippen LogP contribution in [0.5, 0.6) is 0 Å². The van der Waals surface area contributed by atoms with E-state index in [9.17, 15) is 14.7 Å². The van der Waals surface area contributed by atoms with Gasteiger partial charge in [0.15, 0.2) is 0 Å². The number of nitrogens with one attached hydrogen (secondary N) is 1. The highest BCUT2D eigenvalue weighted by Gasteiger charge is 2.35. The smallest absolute Gasteiger partial charge is 0.326 e. The predicted molar refractivity (Wildman–Crippen MR) is 90.0 cm³/mol. The Bertz CT molecular complexity index is 976. The number of likely N-dealkylation sites (tertiary alicyclic amines) is 1. The molecule has 122 valence electrons. The van der Waals surface area contributed by atoms with Gasteiger partial charge in [-0.1, -0.05) is 18.2 Å². The molecule has 3 aromatic rings. The summed E-state index contributed by atoms with van der Waals surface area (Å²) in [5.41, 5.74) is 2.94. The lowest BCUT2D eigenvalue weighted by molar-refractivity contribution is -0.141. The Morgan fingerprint density at radius 3 is 2.88 bits per heavy atom. The number of hydrogen-bond donors (Lipinski definition) is 2. The fourth-order valence-electron chi connectivity index (χ4n) is 3.53. The van der Waals surface area contributed by atoms with Gasteiger partial charge in [0.1, 0.15) is 11.7 Å². The molecular formula is C18H17N3O3. The van der Waals surface area contributed by atoms with E-state index in [-0.39, 0.29) is 5.91 Å². The third-order valence-electron chi connectivity index (χ3n) is 4.70. The summed E-state index contributed by atoms with van der Waals surface area (Å²) in [7, 11) is 0. The second-order valence-electron chi connectivity index (χ2n) is 6.18. The molecule has 6 heteroatoms. The van der Waals surface area contributed by atoms with Crippen LogP contribution >= 0.6 is 0 Å². The second-order valence-corrected chi connectivity index (χ2v) is 6.18. The number of hydrogen-bond acceptors (Lipinski definition) is 3. The van der Waals surface area contributed by atoms with E-state index in [1.54, 1.807) is 6.07 Å². The van der Waals surface area contributed by atoms with E-state index in [1.165, 1.54) is 4.90 Å². The van der Waals surface area contributed by atoms with Crippen molar-refractivity contribution in [3.63, 3.8) is 0 Å². The maximum absolute atomic E-state index is 12.8. The Balaban J connectivity index is 1.83. The Morgan fingerprint density at radius 1 is 1.29 bits per heavy atom. The van der Waals surface area contributed by atoms with Crippen LogP contribution in [0.2, 0.25) is 0 Å². The third kappa shape index (κ3) is 2.14. The molecule has 1 amide bonds. The molecule has 1 saturated heterocycles. The molecule has 1 aliphatic rings. The third-order valence-corrected chi connectivity index (χ3v) is 4.70. The summed E-state index contributed by atoms with van der Waals surface area (Å²) < 4.78 is 0. The van der Waals surface area contributed by atoms with Gasteiger partial charge in [-0.3, -0.25) is 4.79 Å². The van der Waals surface area contributed by atoms with E-state index in [4.69, 9.17) is 0 Å². The van der Waals surface area contributed by atoms with Gasteiger partial charge in [-0.2, -0.15) is 0 Å². The lowest BCUT2D eigenvalue weighted by Gasteiger charge is -2.21. The number of carbonyl (C=O) groups excluding carboxylic acids is 1. The number of para-hydroxylation sites is 1. The first-order valence-corrected chi connectivity index (χ1v) is 7.98.